The van der Waals surface area contributed by atoms with Gasteiger partial charge in [0.2, 0.25) is 17.7 Å². The van der Waals surface area contributed by atoms with Gasteiger partial charge in [-0.2, -0.15) is 5.10 Å². The molecule has 3 amide bonds. The second kappa shape index (κ2) is 12.6. The van der Waals surface area contributed by atoms with Crippen LogP contribution in [0.25, 0.3) is 10.9 Å². The number of fused-ring (bicyclic) bond motifs is 2. The van der Waals surface area contributed by atoms with Crippen molar-refractivity contribution in [2.75, 3.05) is 26.7 Å². The van der Waals surface area contributed by atoms with Crippen molar-refractivity contribution in [2.45, 2.75) is 64.0 Å². The van der Waals surface area contributed by atoms with E-state index < -0.39 is 0 Å². The second-order valence-corrected chi connectivity index (χ2v) is 12.4. The molecule has 9 nitrogen and oxygen atoms in total. The number of halogens is 1. The van der Waals surface area contributed by atoms with E-state index in [0.717, 1.165) is 53.5 Å². The van der Waals surface area contributed by atoms with Crippen molar-refractivity contribution in [2.24, 2.45) is 18.9 Å². The number of aryl methyl sites for hydroxylation is 1. The highest BCUT2D eigenvalue weighted by Crippen LogP contribution is 2.44. The number of likely N-dealkylation sites (tertiary alicyclic amines) is 1. The number of aromatic nitrogens is 2. The molecule has 3 atom stereocenters. The fraction of sp³-hybridized carbons (Fsp3) is 0.515. The van der Waals surface area contributed by atoms with E-state index in [1.165, 1.54) is 0 Å². The maximum atomic E-state index is 14.4. The molecule has 0 spiro atoms. The summed E-state index contributed by atoms with van der Waals surface area (Å²) >= 11 is 6.80. The van der Waals surface area contributed by atoms with E-state index in [0.29, 0.717) is 56.0 Å². The standard InChI is InChI=1S/C33H40ClN5O4/c1-35-32(41)21-8-3-4-9-22(21)33(42)39-19-15-23-25(34)13-14-29(31(23)28(39)16-18-38-17-7-12-30(38)40)43-20-26-24-10-5-6-11-27(24)37(2)36-26/h5-6,10-11,13-14,21-22,28H,3-4,7-9,12,15-20H2,1-2H3,(H,35,41)/t21-,22+,28+/m0/s1. The summed E-state index contributed by atoms with van der Waals surface area (Å²) in [6, 6.07) is 11.5. The third kappa shape index (κ3) is 5.71. The Morgan fingerprint density at radius 1 is 1.05 bits per heavy atom. The first-order valence-corrected chi connectivity index (χ1v) is 15.9. The lowest BCUT2D eigenvalue weighted by molar-refractivity contribution is -0.146. The van der Waals surface area contributed by atoms with E-state index in [9.17, 15) is 14.4 Å². The van der Waals surface area contributed by atoms with Crippen LogP contribution < -0.4 is 10.1 Å². The summed E-state index contributed by atoms with van der Waals surface area (Å²) in [6.45, 7) is 2.06. The van der Waals surface area contributed by atoms with Gasteiger partial charge in [0, 0.05) is 68.0 Å². The van der Waals surface area contributed by atoms with Crippen LogP contribution in [0.1, 0.15) is 67.8 Å². The molecule has 0 bridgehead atoms. The van der Waals surface area contributed by atoms with Gasteiger partial charge in [0.1, 0.15) is 18.1 Å². The molecule has 2 aromatic carbocycles. The molecule has 10 heteroatoms. The van der Waals surface area contributed by atoms with Gasteiger partial charge in [-0.15, -0.1) is 0 Å². The number of carbonyl (C=O) groups is 3. The normalized spacial score (nSPS) is 22.1. The molecule has 0 radical (unpaired) electrons. The molecule has 2 aliphatic heterocycles. The minimum atomic E-state index is -0.366. The van der Waals surface area contributed by atoms with Crippen LogP contribution in [0.4, 0.5) is 0 Å². The number of amides is 3. The zero-order valence-corrected chi connectivity index (χ0v) is 25.7. The molecule has 3 aromatic rings. The van der Waals surface area contributed by atoms with Crippen molar-refractivity contribution in [3.63, 3.8) is 0 Å². The largest absolute Gasteiger partial charge is 0.487 e. The van der Waals surface area contributed by atoms with Gasteiger partial charge >= 0.3 is 0 Å². The van der Waals surface area contributed by atoms with Crippen LogP contribution in [-0.4, -0.2) is 64.0 Å². The quantitative estimate of drug-likeness (QED) is 0.398. The molecule has 3 heterocycles. The lowest BCUT2D eigenvalue weighted by Crippen LogP contribution is -2.48. The number of carbonyl (C=O) groups excluding carboxylic acids is 3. The van der Waals surface area contributed by atoms with Crippen LogP contribution in [0.15, 0.2) is 36.4 Å². The molecule has 1 N–H and O–H groups in total. The van der Waals surface area contributed by atoms with Crippen LogP contribution in [0, 0.1) is 11.8 Å². The van der Waals surface area contributed by atoms with Gasteiger partial charge in [-0.25, -0.2) is 0 Å². The van der Waals surface area contributed by atoms with Gasteiger partial charge in [0.05, 0.1) is 11.6 Å². The Hall–Kier alpha value is -3.59. The van der Waals surface area contributed by atoms with Crippen molar-refractivity contribution >= 4 is 40.2 Å². The summed E-state index contributed by atoms with van der Waals surface area (Å²) in [6.07, 6.45) is 5.88. The highest BCUT2D eigenvalue weighted by atomic mass is 35.5. The van der Waals surface area contributed by atoms with Crippen LogP contribution in [0.2, 0.25) is 5.02 Å². The first-order chi connectivity index (χ1) is 20.9. The minimum Gasteiger partial charge on any atom is -0.487 e. The van der Waals surface area contributed by atoms with E-state index in [4.69, 9.17) is 21.4 Å². The Labute approximate surface area is 257 Å². The maximum absolute atomic E-state index is 14.4. The zero-order valence-electron chi connectivity index (χ0n) is 25.0. The zero-order chi connectivity index (χ0) is 30.1. The summed E-state index contributed by atoms with van der Waals surface area (Å²) in [5.74, 6) is 0.0830. The predicted molar refractivity (Wildman–Crippen MR) is 165 cm³/mol. The summed E-state index contributed by atoms with van der Waals surface area (Å²) in [4.78, 5) is 43.6. The van der Waals surface area contributed by atoms with Crippen molar-refractivity contribution in [1.82, 2.24) is 24.9 Å². The Bertz CT molecular complexity index is 1540. The highest BCUT2D eigenvalue weighted by molar-refractivity contribution is 6.31. The molecular formula is C33H40ClN5O4. The van der Waals surface area contributed by atoms with Crippen molar-refractivity contribution in [3.8, 4) is 5.75 Å². The van der Waals surface area contributed by atoms with E-state index in [-0.39, 0.29) is 42.2 Å². The van der Waals surface area contributed by atoms with E-state index in [2.05, 4.69) is 5.32 Å². The van der Waals surface area contributed by atoms with Gasteiger partial charge in [-0.1, -0.05) is 42.6 Å². The average molecular weight is 606 g/mol. The maximum Gasteiger partial charge on any atom is 0.227 e. The first kappa shape index (κ1) is 29.5. The molecule has 1 saturated carbocycles. The van der Waals surface area contributed by atoms with Crippen molar-refractivity contribution in [1.29, 1.82) is 0 Å². The summed E-state index contributed by atoms with van der Waals surface area (Å²) < 4.78 is 8.38. The summed E-state index contributed by atoms with van der Waals surface area (Å²) in [7, 11) is 3.56. The average Bonchev–Trinajstić information content (AvgIpc) is 3.60. The van der Waals surface area contributed by atoms with Gasteiger partial charge < -0.3 is 19.9 Å². The Morgan fingerprint density at radius 2 is 1.84 bits per heavy atom. The first-order valence-electron chi connectivity index (χ1n) is 15.5. The number of ether oxygens (including phenoxy) is 1. The number of nitrogens with zero attached hydrogens (tertiary/aromatic N) is 4. The van der Waals surface area contributed by atoms with E-state index >= 15 is 0 Å². The van der Waals surface area contributed by atoms with Crippen LogP contribution in [0.3, 0.4) is 0 Å². The van der Waals surface area contributed by atoms with Gasteiger partial charge in [-0.05, 0) is 55.9 Å². The van der Waals surface area contributed by atoms with Crippen molar-refractivity contribution in [3.05, 3.63) is 58.2 Å². The molecule has 43 heavy (non-hydrogen) atoms. The number of nitrogens with one attached hydrogen (secondary N) is 1. The molecule has 228 valence electrons. The van der Waals surface area contributed by atoms with Gasteiger partial charge in [0.15, 0.2) is 0 Å². The second-order valence-electron chi connectivity index (χ2n) is 12.0. The van der Waals surface area contributed by atoms with Crippen LogP contribution >= 0.6 is 11.6 Å². The predicted octanol–water partition coefficient (Wildman–Crippen LogP) is 4.80. The van der Waals surface area contributed by atoms with Crippen molar-refractivity contribution < 1.29 is 19.1 Å². The number of rotatable bonds is 8. The Balaban J connectivity index is 1.34. The molecule has 0 unspecified atom stereocenters. The molecule has 6 rings (SSSR count). The summed E-state index contributed by atoms with van der Waals surface area (Å²) in [5.41, 5.74) is 3.76. The molecule has 1 saturated heterocycles. The fourth-order valence-electron chi connectivity index (χ4n) is 7.37. The SMILES string of the molecule is CNC(=O)[C@H]1CCCC[C@H]1C(=O)N1CCc2c(Cl)ccc(OCc3nn(C)c4ccccc34)c2[C@H]1CCN1CCCC1=O. The smallest absolute Gasteiger partial charge is 0.227 e. The molecule has 1 aliphatic carbocycles. The molecule has 1 aromatic heterocycles. The number of para-hydroxylation sites is 1. The molecule has 3 aliphatic rings. The Morgan fingerprint density at radius 3 is 2.60 bits per heavy atom. The van der Waals surface area contributed by atoms with Crippen LogP contribution in [0.5, 0.6) is 5.75 Å². The lowest BCUT2D eigenvalue weighted by Gasteiger charge is -2.42. The minimum absolute atomic E-state index is 0.0124. The topological polar surface area (TPSA) is 96.8 Å². The number of benzene rings is 2. The van der Waals surface area contributed by atoms with E-state index in [1.807, 2.05) is 57.9 Å². The fourth-order valence-corrected chi connectivity index (χ4v) is 7.63. The van der Waals surface area contributed by atoms with Crippen LogP contribution in [-0.2, 0) is 34.5 Å². The lowest BCUT2D eigenvalue weighted by atomic mass is 9.77. The summed E-state index contributed by atoms with van der Waals surface area (Å²) in [5, 5.41) is 9.17. The third-order valence-corrected chi connectivity index (χ3v) is 9.92. The number of hydrogen-bond donors (Lipinski definition) is 1. The van der Waals surface area contributed by atoms with E-state index in [1.54, 1.807) is 7.05 Å². The number of hydrogen-bond acceptors (Lipinski definition) is 5. The highest BCUT2D eigenvalue weighted by Gasteiger charge is 2.42. The Kier molecular flexibility index (Phi) is 8.61. The molecular weight excluding hydrogens is 566 g/mol. The van der Waals surface area contributed by atoms with Gasteiger partial charge in [-0.3, -0.25) is 19.1 Å². The monoisotopic (exact) mass is 605 g/mol. The van der Waals surface area contributed by atoms with Gasteiger partial charge in [0.25, 0.3) is 0 Å². The molecule has 2 fully saturated rings. The third-order valence-electron chi connectivity index (χ3n) is 9.56.